The standard InChI is InChI=1S/C15H18BrNO/c16-13-3-5-14(6-4-13)17-15(18)9-12-8-10-1-2-11(12)7-10/h3-6,10-12H,1-2,7-9H2,(H,17,18)/t10-,11-,12-/m1/s1. The molecule has 3 heteroatoms. The van der Waals surface area contributed by atoms with Gasteiger partial charge in [-0.25, -0.2) is 0 Å². The summed E-state index contributed by atoms with van der Waals surface area (Å²) in [6.07, 6.45) is 6.10. The molecule has 2 fully saturated rings. The molecule has 0 aromatic heterocycles. The quantitative estimate of drug-likeness (QED) is 0.890. The number of nitrogens with one attached hydrogen (secondary N) is 1. The molecule has 2 aliphatic carbocycles. The van der Waals surface area contributed by atoms with E-state index in [-0.39, 0.29) is 5.91 Å². The lowest BCUT2D eigenvalue weighted by Crippen LogP contribution is -2.20. The average Bonchev–Trinajstić information content (AvgIpc) is 2.94. The van der Waals surface area contributed by atoms with Crippen LogP contribution in [0.2, 0.25) is 0 Å². The fraction of sp³-hybridized carbons (Fsp3) is 0.533. The Morgan fingerprint density at radius 3 is 2.61 bits per heavy atom. The summed E-state index contributed by atoms with van der Waals surface area (Å²) in [5, 5.41) is 3.00. The number of hydrogen-bond acceptors (Lipinski definition) is 1. The van der Waals surface area contributed by atoms with Gasteiger partial charge in [-0.15, -0.1) is 0 Å². The average molecular weight is 308 g/mol. The van der Waals surface area contributed by atoms with Crippen LogP contribution in [0.1, 0.15) is 32.1 Å². The van der Waals surface area contributed by atoms with E-state index in [1.54, 1.807) is 0 Å². The summed E-state index contributed by atoms with van der Waals surface area (Å²) in [5.41, 5.74) is 0.895. The molecule has 3 rings (SSSR count). The lowest BCUT2D eigenvalue weighted by atomic mass is 9.86. The van der Waals surface area contributed by atoms with Gasteiger partial charge < -0.3 is 5.32 Å². The van der Waals surface area contributed by atoms with E-state index in [2.05, 4.69) is 21.2 Å². The Bertz CT molecular complexity index is 442. The molecule has 0 radical (unpaired) electrons. The second-order valence-corrected chi connectivity index (χ2v) is 6.61. The van der Waals surface area contributed by atoms with Crippen LogP contribution in [0.15, 0.2) is 28.7 Å². The number of anilines is 1. The molecule has 0 heterocycles. The topological polar surface area (TPSA) is 29.1 Å². The van der Waals surface area contributed by atoms with Crippen LogP contribution in [0.25, 0.3) is 0 Å². The van der Waals surface area contributed by atoms with E-state index < -0.39 is 0 Å². The van der Waals surface area contributed by atoms with Crippen molar-refractivity contribution in [1.82, 2.24) is 0 Å². The number of fused-ring (bicyclic) bond motifs is 2. The number of amides is 1. The van der Waals surface area contributed by atoms with E-state index in [1.807, 2.05) is 24.3 Å². The maximum absolute atomic E-state index is 12.0. The van der Waals surface area contributed by atoms with Crippen molar-refractivity contribution in [2.45, 2.75) is 32.1 Å². The first-order chi connectivity index (χ1) is 8.70. The minimum absolute atomic E-state index is 0.176. The van der Waals surface area contributed by atoms with Crippen LogP contribution in [0.5, 0.6) is 0 Å². The van der Waals surface area contributed by atoms with E-state index in [0.717, 1.165) is 22.0 Å². The van der Waals surface area contributed by atoms with E-state index >= 15 is 0 Å². The van der Waals surface area contributed by atoms with Crippen LogP contribution in [0.3, 0.4) is 0 Å². The molecular weight excluding hydrogens is 290 g/mol. The smallest absolute Gasteiger partial charge is 0.224 e. The van der Waals surface area contributed by atoms with Crippen molar-refractivity contribution in [3.8, 4) is 0 Å². The van der Waals surface area contributed by atoms with Gasteiger partial charge in [-0.1, -0.05) is 22.4 Å². The molecule has 1 amide bonds. The van der Waals surface area contributed by atoms with Gasteiger partial charge in [0.15, 0.2) is 0 Å². The third-order valence-electron chi connectivity index (χ3n) is 4.46. The lowest BCUT2D eigenvalue weighted by Gasteiger charge is -2.20. The molecule has 2 bridgehead atoms. The predicted molar refractivity (Wildman–Crippen MR) is 76.3 cm³/mol. The Balaban J connectivity index is 1.54. The Hall–Kier alpha value is -0.830. The zero-order valence-corrected chi connectivity index (χ0v) is 11.9. The van der Waals surface area contributed by atoms with Gasteiger partial charge in [0.25, 0.3) is 0 Å². The van der Waals surface area contributed by atoms with Crippen molar-refractivity contribution < 1.29 is 4.79 Å². The monoisotopic (exact) mass is 307 g/mol. The summed E-state index contributed by atoms with van der Waals surface area (Å²) < 4.78 is 1.04. The highest BCUT2D eigenvalue weighted by Gasteiger charge is 2.40. The Labute approximate surface area is 116 Å². The van der Waals surface area contributed by atoms with Gasteiger partial charge in [-0.05, 0) is 61.3 Å². The van der Waals surface area contributed by atoms with Crippen LogP contribution in [-0.4, -0.2) is 5.91 Å². The predicted octanol–water partition coefficient (Wildman–Crippen LogP) is 4.21. The summed E-state index contributed by atoms with van der Waals surface area (Å²) in [7, 11) is 0. The van der Waals surface area contributed by atoms with E-state index in [4.69, 9.17) is 0 Å². The van der Waals surface area contributed by atoms with Gasteiger partial charge in [0.05, 0.1) is 0 Å². The zero-order chi connectivity index (χ0) is 12.5. The third-order valence-corrected chi connectivity index (χ3v) is 4.99. The van der Waals surface area contributed by atoms with E-state index in [0.29, 0.717) is 12.3 Å². The molecule has 2 nitrogen and oxygen atoms in total. The highest BCUT2D eigenvalue weighted by atomic mass is 79.9. The number of halogens is 1. The molecule has 1 aromatic carbocycles. The van der Waals surface area contributed by atoms with Gasteiger partial charge in [-0.3, -0.25) is 4.79 Å². The Morgan fingerprint density at radius 1 is 1.22 bits per heavy atom. The van der Waals surface area contributed by atoms with Crippen molar-refractivity contribution >= 4 is 27.5 Å². The molecule has 96 valence electrons. The van der Waals surface area contributed by atoms with Crippen LogP contribution >= 0.6 is 15.9 Å². The Kier molecular flexibility index (Phi) is 3.42. The summed E-state index contributed by atoms with van der Waals surface area (Å²) in [6, 6.07) is 7.77. The van der Waals surface area contributed by atoms with Gasteiger partial charge >= 0.3 is 0 Å². The minimum Gasteiger partial charge on any atom is -0.326 e. The molecule has 0 saturated heterocycles. The van der Waals surface area contributed by atoms with Crippen LogP contribution in [0.4, 0.5) is 5.69 Å². The number of hydrogen-bond donors (Lipinski definition) is 1. The van der Waals surface area contributed by atoms with Crippen molar-refractivity contribution in [3.63, 3.8) is 0 Å². The largest absolute Gasteiger partial charge is 0.326 e. The van der Waals surface area contributed by atoms with Crippen LogP contribution in [-0.2, 0) is 4.79 Å². The summed E-state index contributed by atoms with van der Waals surface area (Å²) in [5.74, 6) is 2.56. The molecule has 1 N–H and O–H groups in total. The fourth-order valence-electron chi connectivity index (χ4n) is 3.61. The van der Waals surface area contributed by atoms with Gasteiger partial charge in [0.1, 0.15) is 0 Å². The molecule has 18 heavy (non-hydrogen) atoms. The normalized spacial score (nSPS) is 29.5. The van der Waals surface area contributed by atoms with Gasteiger partial charge in [0, 0.05) is 16.6 Å². The molecule has 0 unspecified atom stereocenters. The van der Waals surface area contributed by atoms with Gasteiger partial charge in [-0.2, -0.15) is 0 Å². The van der Waals surface area contributed by atoms with Crippen LogP contribution < -0.4 is 5.32 Å². The summed E-state index contributed by atoms with van der Waals surface area (Å²) in [4.78, 5) is 12.0. The third kappa shape index (κ3) is 2.61. The van der Waals surface area contributed by atoms with E-state index in [9.17, 15) is 4.79 Å². The summed E-state index contributed by atoms with van der Waals surface area (Å²) >= 11 is 3.39. The van der Waals surface area contributed by atoms with Crippen molar-refractivity contribution in [1.29, 1.82) is 0 Å². The fourth-order valence-corrected chi connectivity index (χ4v) is 3.87. The van der Waals surface area contributed by atoms with Crippen molar-refractivity contribution in [2.24, 2.45) is 17.8 Å². The molecule has 0 aliphatic heterocycles. The minimum atomic E-state index is 0.176. The van der Waals surface area contributed by atoms with Crippen LogP contribution in [0, 0.1) is 17.8 Å². The molecule has 2 aliphatic rings. The zero-order valence-electron chi connectivity index (χ0n) is 10.4. The number of carbonyl (C=O) groups is 1. The first-order valence-electron chi connectivity index (χ1n) is 6.76. The van der Waals surface area contributed by atoms with Crippen molar-refractivity contribution in [2.75, 3.05) is 5.32 Å². The molecule has 0 spiro atoms. The number of rotatable bonds is 3. The first kappa shape index (κ1) is 12.2. The molecule has 3 atom stereocenters. The maximum Gasteiger partial charge on any atom is 0.224 e. The highest BCUT2D eigenvalue weighted by molar-refractivity contribution is 9.10. The molecule has 2 saturated carbocycles. The summed E-state index contributed by atoms with van der Waals surface area (Å²) in [6.45, 7) is 0. The second-order valence-electron chi connectivity index (χ2n) is 5.69. The number of benzene rings is 1. The second kappa shape index (κ2) is 5.04. The van der Waals surface area contributed by atoms with Gasteiger partial charge in [0.2, 0.25) is 5.91 Å². The highest BCUT2D eigenvalue weighted by Crippen LogP contribution is 2.49. The SMILES string of the molecule is O=C(C[C@H]1C[C@@H]2CC[C@@H]1C2)Nc1ccc(Br)cc1. The Morgan fingerprint density at radius 2 is 2.00 bits per heavy atom. The van der Waals surface area contributed by atoms with Crippen molar-refractivity contribution in [3.05, 3.63) is 28.7 Å². The first-order valence-corrected chi connectivity index (χ1v) is 7.55. The maximum atomic E-state index is 12.0. The molecular formula is C15H18BrNO. The van der Waals surface area contributed by atoms with E-state index in [1.165, 1.54) is 25.7 Å². The molecule has 1 aromatic rings. The number of carbonyl (C=O) groups excluding carboxylic acids is 1. The lowest BCUT2D eigenvalue weighted by molar-refractivity contribution is -0.117.